The smallest absolute Gasteiger partial charge is 0.357 e. The fourth-order valence-electron chi connectivity index (χ4n) is 6.22. The van der Waals surface area contributed by atoms with Crippen molar-refractivity contribution in [2.45, 2.75) is 19.6 Å². The molecule has 290 valence electrons. The third kappa shape index (κ3) is 6.59. The van der Waals surface area contributed by atoms with E-state index in [0.29, 0.717) is 0 Å². The Morgan fingerprint density at radius 1 is 0.351 bits per heavy atom. The first-order valence-corrected chi connectivity index (χ1v) is 21.2. The van der Waals surface area contributed by atoms with Gasteiger partial charge in [0.15, 0.2) is 0 Å². The molecule has 0 atom stereocenters. The summed E-state index contributed by atoms with van der Waals surface area (Å²) >= 11 is 0. The predicted molar refractivity (Wildman–Crippen MR) is 193 cm³/mol. The zero-order valence-electron chi connectivity index (χ0n) is 27.5. The maximum absolute atomic E-state index is 12.2. The molecule has 0 radical (unpaired) electrons. The van der Waals surface area contributed by atoms with E-state index in [2.05, 4.69) is 39.9 Å². The van der Waals surface area contributed by atoms with Crippen molar-refractivity contribution in [1.82, 2.24) is 39.9 Å². The minimum atomic E-state index is -4.75. The third-order valence-electron chi connectivity index (χ3n) is 8.78. The molecule has 4 aromatic carbocycles. The zero-order chi connectivity index (χ0) is 39.7. The Labute approximate surface area is 333 Å². The van der Waals surface area contributed by atoms with Crippen molar-refractivity contribution in [2.75, 3.05) is 0 Å². The summed E-state index contributed by atoms with van der Waals surface area (Å²) in [5, 5.41) is 0.408. The van der Waals surface area contributed by atoms with Crippen LogP contribution in [0.5, 0.6) is 0 Å². The fourth-order valence-corrected chi connectivity index (χ4v) is 8.25. The molecule has 0 unspecified atom stereocenters. The summed E-state index contributed by atoms with van der Waals surface area (Å²) in [7, 11) is -19.0. The van der Waals surface area contributed by atoms with Gasteiger partial charge >= 0.3 is 21.1 Å². The summed E-state index contributed by atoms with van der Waals surface area (Å²) in [5.74, 6) is -0.667. The number of aromatic nitrogens is 8. The number of benzene rings is 4. The van der Waals surface area contributed by atoms with Gasteiger partial charge in [-0.3, -0.25) is 18.2 Å². The van der Waals surface area contributed by atoms with Gasteiger partial charge in [0.2, 0.25) is 0 Å². The van der Waals surface area contributed by atoms with Crippen LogP contribution in [0.2, 0.25) is 0 Å². The van der Waals surface area contributed by atoms with Gasteiger partial charge in [-0.2, -0.15) is 33.7 Å². The van der Waals surface area contributed by atoms with Gasteiger partial charge in [0, 0.05) is 44.8 Å². The zero-order valence-corrected chi connectivity index (χ0v) is 33.0. The van der Waals surface area contributed by atoms with E-state index in [1.54, 1.807) is 0 Å². The molecule has 20 nitrogen and oxygen atoms in total. The van der Waals surface area contributed by atoms with E-state index in [1.165, 1.54) is 24.3 Å². The van der Waals surface area contributed by atoms with Gasteiger partial charge in [0.1, 0.15) is 0 Å². The first-order valence-electron chi connectivity index (χ1n) is 15.4. The average Bonchev–Trinajstić information content (AvgIpc) is 3.84. The van der Waals surface area contributed by atoms with Crippen LogP contribution >= 0.6 is 0 Å². The molecule has 9 rings (SSSR count). The summed E-state index contributed by atoms with van der Waals surface area (Å²) < 4.78 is 137. The Balaban J connectivity index is 0.00000455. The van der Waals surface area contributed by atoms with Gasteiger partial charge in [-0.1, -0.05) is 24.3 Å². The minimum Gasteiger partial charge on any atom is -0.357 e. The van der Waals surface area contributed by atoms with Crippen LogP contribution in [0.3, 0.4) is 0 Å². The monoisotopic (exact) mass is 1030 g/mol. The van der Waals surface area contributed by atoms with Crippen LogP contribution in [0.15, 0.2) is 92.4 Å². The maximum atomic E-state index is 12.2. The molecule has 0 saturated heterocycles. The molecule has 5 heterocycles. The van der Waals surface area contributed by atoms with Crippen LogP contribution in [-0.2, 0) is 61.5 Å². The second-order valence-electron chi connectivity index (χ2n) is 12.2. The van der Waals surface area contributed by atoms with Crippen molar-refractivity contribution >= 4 is 84.6 Å². The first kappa shape index (κ1) is 38.4. The fraction of sp³-hybridized carbons (Fsp3) is 0. The Morgan fingerprint density at radius 3 is 0.965 bits per heavy atom. The molecule has 0 spiro atoms. The molecule has 8 bridgehead atoms. The van der Waals surface area contributed by atoms with E-state index >= 15 is 0 Å². The van der Waals surface area contributed by atoms with E-state index < -0.39 is 60.1 Å². The molecular weight excluding hydrogens is 1010 g/mol. The molecule has 4 N–H and O–H groups in total. The standard InChI is InChI=1S/C32H16N8O12S4.Pt/c41-53(42,43)13-1-5-17-21(9-13)29-33-25(17)37-30-22-10-14(54(44,45)46)2-6-18(22)27(34-30)39-32-24-12-16(56(50,51)52)4-8-20(24)28(36-32)40-31-23-11-15(55(47,48)49)3-7-19(23)26(35-31)38-29;/h1-12H,(H4-2,33,34,35,36,37,38,39,40,41,42,43,44,45,46,47,48,49,50,51,52);/q-2;+2. The Kier molecular flexibility index (Phi) is 8.62. The number of rotatable bonds is 4. The van der Waals surface area contributed by atoms with Gasteiger partial charge in [-0.25, -0.2) is 9.97 Å². The predicted octanol–water partition coefficient (Wildman–Crippen LogP) is 3.11. The summed E-state index contributed by atoms with van der Waals surface area (Å²) in [4.78, 5) is 34.1. The molecule has 0 amide bonds. The van der Waals surface area contributed by atoms with E-state index in [9.17, 15) is 51.9 Å². The second-order valence-corrected chi connectivity index (χ2v) is 17.9. The molecule has 0 fully saturated rings. The minimum absolute atomic E-state index is 0. The molecule has 3 aromatic heterocycles. The molecule has 0 aliphatic carbocycles. The first-order chi connectivity index (χ1) is 26.2. The van der Waals surface area contributed by atoms with Crippen LogP contribution in [0.25, 0.3) is 89.7 Å². The second kappa shape index (κ2) is 12.8. The molecular formula is C32H16N8O12PtS4. The molecule has 7 aromatic rings. The Morgan fingerprint density at radius 2 is 0.632 bits per heavy atom. The molecule has 0 saturated carbocycles. The van der Waals surface area contributed by atoms with Crippen LogP contribution in [0.4, 0.5) is 0 Å². The van der Waals surface area contributed by atoms with Gasteiger partial charge in [0.05, 0.1) is 42.9 Å². The molecule has 2 aliphatic rings. The average molecular weight is 1030 g/mol. The van der Waals surface area contributed by atoms with Crippen LogP contribution in [0.1, 0.15) is 0 Å². The van der Waals surface area contributed by atoms with E-state index in [4.69, 9.17) is 0 Å². The van der Waals surface area contributed by atoms with Crippen LogP contribution < -0.4 is 9.97 Å². The summed E-state index contributed by atoms with van der Waals surface area (Å²) in [6.45, 7) is 0. The SMILES string of the molecule is O=S(=O)(O)c1ccc2c(c1)-c1nc-2nc2[n-]c(nc3nc(nc4[n-]c(n1)c1ccc(S(=O)(=O)O)cc41)-c1ccc(S(=O)(=O)O)cc1-3)c1ccc(S(=O)(=O)O)cc21.[Pt+2]. The summed E-state index contributed by atoms with van der Waals surface area (Å²) in [6.07, 6.45) is 0. The Hall–Kier alpha value is -5.43. The normalized spacial score (nSPS) is 13.0. The van der Waals surface area contributed by atoms with Crippen molar-refractivity contribution in [3.63, 3.8) is 0 Å². The molecule has 2 aliphatic heterocycles. The molecule has 25 heteroatoms. The third-order valence-corrected chi connectivity index (χ3v) is 12.2. The van der Waals surface area contributed by atoms with Gasteiger partial charge in [0.25, 0.3) is 40.5 Å². The van der Waals surface area contributed by atoms with Crippen LogP contribution in [0, 0.1) is 0 Å². The van der Waals surface area contributed by atoms with Crippen molar-refractivity contribution in [3.05, 3.63) is 72.8 Å². The quantitative estimate of drug-likeness (QED) is 0.184. The van der Waals surface area contributed by atoms with Crippen LogP contribution in [-0.4, -0.2) is 81.8 Å². The van der Waals surface area contributed by atoms with Crippen molar-refractivity contribution in [1.29, 1.82) is 0 Å². The summed E-state index contributed by atoms with van der Waals surface area (Å²) in [6, 6.07) is 13.7. The van der Waals surface area contributed by atoms with E-state index in [0.717, 1.165) is 48.5 Å². The number of hydrogen-bond donors (Lipinski definition) is 4. The summed E-state index contributed by atoms with van der Waals surface area (Å²) in [5.41, 5.74) is -0.259. The van der Waals surface area contributed by atoms with Gasteiger partial charge < -0.3 is 29.9 Å². The van der Waals surface area contributed by atoms with E-state index in [-0.39, 0.29) is 111 Å². The maximum Gasteiger partial charge on any atom is 2.00 e. The number of fused-ring (bicyclic) bond motifs is 20. The topological polar surface area (TPSA) is 323 Å². The number of hydrogen-bond acceptors (Lipinski definition) is 14. The number of nitrogens with zero attached hydrogens (tertiary/aromatic N) is 8. The van der Waals surface area contributed by atoms with Gasteiger partial charge in [-0.15, -0.1) is 0 Å². The van der Waals surface area contributed by atoms with Crippen molar-refractivity contribution in [2.24, 2.45) is 0 Å². The largest absolute Gasteiger partial charge is 2.00 e. The van der Waals surface area contributed by atoms with Crippen molar-refractivity contribution in [3.8, 4) is 45.6 Å². The van der Waals surface area contributed by atoms with Gasteiger partial charge in [-0.05, 0) is 70.1 Å². The Bertz CT molecular complexity index is 3380. The van der Waals surface area contributed by atoms with Crippen molar-refractivity contribution < 1.29 is 72.9 Å². The van der Waals surface area contributed by atoms with E-state index in [1.807, 2.05) is 0 Å². The molecule has 57 heavy (non-hydrogen) atoms.